The standard InChI is InChI=1S/C13H19N3O3.ClH/c1-3-15-10-6-5-9(13(18)19-4-2)7-11(10)16-12(17)8-14;/h5-7,15H,3-4,8,14H2,1-2H3,(H,16,17);1H. The molecular weight excluding hydrogens is 282 g/mol. The molecule has 0 spiro atoms. The molecule has 112 valence electrons. The highest BCUT2D eigenvalue weighted by Crippen LogP contribution is 2.23. The van der Waals surface area contributed by atoms with Crippen LogP contribution in [0.1, 0.15) is 24.2 Å². The van der Waals surface area contributed by atoms with Crippen molar-refractivity contribution in [2.45, 2.75) is 13.8 Å². The topological polar surface area (TPSA) is 93.5 Å². The van der Waals surface area contributed by atoms with Crippen LogP contribution >= 0.6 is 12.4 Å². The summed E-state index contributed by atoms with van der Waals surface area (Å²) in [6, 6.07) is 4.94. The number of carbonyl (C=O) groups excluding carboxylic acids is 2. The SMILES string of the molecule is CCNc1ccc(C(=O)OCC)cc1NC(=O)CN.Cl. The Morgan fingerprint density at radius 2 is 1.95 bits per heavy atom. The first-order valence-corrected chi connectivity index (χ1v) is 6.17. The number of esters is 1. The third-order valence-electron chi connectivity index (χ3n) is 2.36. The van der Waals surface area contributed by atoms with E-state index in [1.807, 2.05) is 6.92 Å². The fraction of sp³-hybridized carbons (Fsp3) is 0.385. The van der Waals surface area contributed by atoms with Gasteiger partial charge in [-0.25, -0.2) is 4.79 Å². The van der Waals surface area contributed by atoms with E-state index in [1.165, 1.54) is 0 Å². The average molecular weight is 302 g/mol. The predicted molar refractivity (Wildman–Crippen MR) is 81.5 cm³/mol. The van der Waals surface area contributed by atoms with E-state index in [2.05, 4.69) is 10.6 Å². The van der Waals surface area contributed by atoms with E-state index in [9.17, 15) is 9.59 Å². The first kappa shape index (κ1) is 18.2. The Labute approximate surface area is 124 Å². The van der Waals surface area contributed by atoms with Crippen LogP contribution in [-0.2, 0) is 9.53 Å². The van der Waals surface area contributed by atoms with Gasteiger partial charge in [0.15, 0.2) is 0 Å². The van der Waals surface area contributed by atoms with E-state index in [0.717, 1.165) is 5.69 Å². The van der Waals surface area contributed by atoms with E-state index in [0.29, 0.717) is 24.4 Å². The fourth-order valence-electron chi connectivity index (χ4n) is 1.53. The second-order valence-corrected chi connectivity index (χ2v) is 3.76. The lowest BCUT2D eigenvalue weighted by molar-refractivity contribution is -0.114. The molecule has 7 heteroatoms. The van der Waals surface area contributed by atoms with E-state index in [4.69, 9.17) is 10.5 Å². The molecule has 1 rings (SSSR count). The van der Waals surface area contributed by atoms with E-state index < -0.39 is 5.97 Å². The Morgan fingerprint density at radius 3 is 2.50 bits per heavy atom. The second kappa shape index (κ2) is 9.17. The minimum Gasteiger partial charge on any atom is -0.462 e. The molecule has 0 atom stereocenters. The van der Waals surface area contributed by atoms with Gasteiger partial charge in [-0.3, -0.25) is 4.79 Å². The van der Waals surface area contributed by atoms with Crippen LogP contribution in [0.3, 0.4) is 0 Å². The van der Waals surface area contributed by atoms with Crippen LogP contribution in [-0.4, -0.2) is 31.6 Å². The highest BCUT2D eigenvalue weighted by molar-refractivity contribution is 5.98. The molecule has 1 aromatic rings. The van der Waals surface area contributed by atoms with Gasteiger partial charge in [0, 0.05) is 6.54 Å². The summed E-state index contributed by atoms with van der Waals surface area (Å²) in [5.74, 6) is -0.742. The molecule has 1 amide bonds. The zero-order chi connectivity index (χ0) is 14.3. The summed E-state index contributed by atoms with van der Waals surface area (Å²) >= 11 is 0. The van der Waals surface area contributed by atoms with Gasteiger partial charge in [0.2, 0.25) is 5.91 Å². The molecule has 0 radical (unpaired) electrons. The van der Waals surface area contributed by atoms with Crippen molar-refractivity contribution in [1.82, 2.24) is 0 Å². The molecule has 4 N–H and O–H groups in total. The van der Waals surface area contributed by atoms with Crippen molar-refractivity contribution in [3.8, 4) is 0 Å². The lowest BCUT2D eigenvalue weighted by Gasteiger charge is -2.13. The van der Waals surface area contributed by atoms with Gasteiger partial charge in [-0.2, -0.15) is 0 Å². The Morgan fingerprint density at radius 1 is 1.25 bits per heavy atom. The van der Waals surface area contributed by atoms with Crippen molar-refractivity contribution in [1.29, 1.82) is 0 Å². The molecule has 0 unspecified atom stereocenters. The lowest BCUT2D eigenvalue weighted by Crippen LogP contribution is -2.22. The van der Waals surface area contributed by atoms with E-state index in [-0.39, 0.29) is 24.9 Å². The molecule has 0 saturated carbocycles. The summed E-state index contributed by atoms with van der Waals surface area (Å²) in [7, 11) is 0. The van der Waals surface area contributed by atoms with Crippen molar-refractivity contribution in [2.75, 3.05) is 30.3 Å². The number of hydrogen-bond acceptors (Lipinski definition) is 5. The molecular formula is C13H20ClN3O3. The van der Waals surface area contributed by atoms with Crippen molar-refractivity contribution in [3.63, 3.8) is 0 Å². The predicted octanol–water partition coefficient (Wildman–Crippen LogP) is 1.61. The lowest BCUT2D eigenvalue weighted by atomic mass is 10.1. The van der Waals surface area contributed by atoms with Crippen LogP contribution in [0.5, 0.6) is 0 Å². The number of carbonyl (C=O) groups is 2. The second-order valence-electron chi connectivity index (χ2n) is 3.76. The number of nitrogens with two attached hydrogens (primary N) is 1. The molecule has 20 heavy (non-hydrogen) atoms. The van der Waals surface area contributed by atoms with Crippen molar-refractivity contribution in [3.05, 3.63) is 23.8 Å². The van der Waals surface area contributed by atoms with Crippen LogP contribution in [0.15, 0.2) is 18.2 Å². The molecule has 0 aliphatic carbocycles. The highest BCUT2D eigenvalue weighted by atomic mass is 35.5. The Balaban J connectivity index is 0.00000361. The Kier molecular flexibility index (Phi) is 8.35. The molecule has 0 aromatic heterocycles. The maximum absolute atomic E-state index is 11.6. The van der Waals surface area contributed by atoms with Crippen LogP contribution in [0.4, 0.5) is 11.4 Å². The Bertz CT molecular complexity index is 466. The van der Waals surface area contributed by atoms with Gasteiger partial charge in [-0.15, -0.1) is 12.4 Å². The van der Waals surface area contributed by atoms with Gasteiger partial charge in [-0.05, 0) is 32.0 Å². The molecule has 1 aromatic carbocycles. The van der Waals surface area contributed by atoms with E-state index in [1.54, 1.807) is 25.1 Å². The fourth-order valence-corrected chi connectivity index (χ4v) is 1.53. The summed E-state index contributed by atoms with van der Waals surface area (Å²) < 4.78 is 4.92. The van der Waals surface area contributed by atoms with Gasteiger partial charge in [0.25, 0.3) is 0 Å². The number of rotatable bonds is 6. The van der Waals surface area contributed by atoms with Gasteiger partial charge < -0.3 is 21.1 Å². The number of ether oxygens (including phenoxy) is 1. The van der Waals surface area contributed by atoms with Gasteiger partial charge in [0.1, 0.15) is 0 Å². The minimum absolute atomic E-state index is 0. The quantitative estimate of drug-likeness (QED) is 0.694. The smallest absolute Gasteiger partial charge is 0.338 e. The number of benzene rings is 1. The maximum atomic E-state index is 11.6. The third-order valence-corrected chi connectivity index (χ3v) is 2.36. The Hall–Kier alpha value is -1.79. The largest absolute Gasteiger partial charge is 0.462 e. The summed E-state index contributed by atoms with van der Waals surface area (Å²) in [5.41, 5.74) is 6.90. The molecule has 0 fully saturated rings. The molecule has 0 saturated heterocycles. The summed E-state index contributed by atoms with van der Waals surface area (Å²) in [5, 5.41) is 5.74. The third kappa shape index (κ3) is 5.07. The van der Waals surface area contributed by atoms with Crippen LogP contribution in [0, 0.1) is 0 Å². The van der Waals surface area contributed by atoms with E-state index >= 15 is 0 Å². The summed E-state index contributed by atoms with van der Waals surface area (Å²) in [6.07, 6.45) is 0. The highest BCUT2D eigenvalue weighted by Gasteiger charge is 2.11. The summed E-state index contributed by atoms with van der Waals surface area (Å²) in [6.45, 7) is 4.56. The normalized spacial score (nSPS) is 9.35. The maximum Gasteiger partial charge on any atom is 0.338 e. The zero-order valence-corrected chi connectivity index (χ0v) is 12.4. The molecule has 0 bridgehead atoms. The van der Waals surface area contributed by atoms with Crippen LogP contribution < -0.4 is 16.4 Å². The van der Waals surface area contributed by atoms with Crippen molar-refractivity contribution < 1.29 is 14.3 Å². The number of amides is 1. The first-order valence-electron chi connectivity index (χ1n) is 6.17. The van der Waals surface area contributed by atoms with Gasteiger partial charge in [0.05, 0.1) is 30.1 Å². The first-order chi connectivity index (χ1) is 9.12. The van der Waals surface area contributed by atoms with Crippen molar-refractivity contribution in [2.24, 2.45) is 5.73 Å². The van der Waals surface area contributed by atoms with Crippen LogP contribution in [0.2, 0.25) is 0 Å². The minimum atomic E-state index is -0.422. The number of halogens is 1. The molecule has 0 heterocycles. The molecule has 6 nitrogen and oxygen atoms in total. The monoisotopic (exact) mass is 301 g/mol. The number of anilines is 2. The van der Waals surface area contributed by atoms with Crippen molar-refractivity contribution >= 4 is 35.7 Å². The number of hydrogen-bond donors (Lipinski definition) is 3. The van der Waals surface area contributed by atoms with Crippen LogP contribution in [0.25, 0.3) is 0 Å². The summed E-state index contributed by atoms with van der Waals surface area (Å²) in [4.78, 5) is 23.0. The molecule has 0 aliphatic rings. The van der Waals surface area contributed by atoms with Gasteiger partial charge >= 0.3 is 5.97 Å². The van der Waals surface area contributed by atoms with Gasteiger partial charge in [-0.1, -0.05) is 0 Å². The zero-order valence-electron chi connectivity index (χ0n) is 11.6. The number of nitrogens with one attached hydrogen (secondary N) is 2. The molecule has 0 aliphatic heterocycles. The average Bonchev–Trinajstić information content (AvgIpc) is 2.41.